The van der Waals surface area contributed by atoms with E-state index in [0.717, 1.165) is 24.9 Å². The van der Waals surface area contributed by atoms with Crippen molar-refractivity contribution < 1.29 is 9.84 Å². The monoisotopic (exact) mass is 236 g/mol. The quantitative estimate of drug-likeness (QED) is 0.764. The molecule has 0 radical (unpaired) electrons. The summed E-state index contributed by atoms with van der Waals surface area (Å²) in [4.78, 5) is 0. The summed E-state index contributed by atoms with van der Waals surface area (Å²) < 4.78 is 5.86. The normalized spacial score (nSPS) is 49.7. The zero-order chi connectivity index (χ0) is 12.2. The summed E-state index contributed by atoms with van der Waals surface area (Å²) in [6.07, 6.45) is 4.93. The van der Waals surface area contributed by atoms with Crippen molar-refractivity contribution in [1.82, 2.24) is 0 Å². The third kappa shape index (κ3) is 1.77. The van der Waals surface area contributed by atoms with Gasteiger partial charge in [0.1, 0.15) is 0 Å². The van der Waals surface area contributed by atoms with Gasteiger partial charge in [0.05, 0.1) is 18.8 Å². The molecule has 2 aliphatic carbocycles. The van der Waals surface area contributed by atoms with E-state index in [1.807, 2.05) is 6.92 Å². The highest BCUT2D eigenvalue weighted by Gasteiger charge is 2.65. The van der Waals surface area contributed by atoms with E-state index in [1.54, 1.807) is 0 Å². The van der Waals surface area contributed by atoms with Crippen molar-refractivity contribution in [1.29, 1.82) is 0 Å². The second-order valence-electron chi connectivity index (χ2n) is 6.70. The van der Waals surface area contributed by atoms with Crippen molar-refractivity contribution in [3.05, 3.63) is 12.2 Å². The smallest absolute Gasteiger partial charge is 0.0681 e. The van der Waals surface area contributed by atoms with Crippen molar-refractivity contribution in [3.63, 3.8) is 0 Å². The molecule has 1 saturated heterocycles. The lowest BCUT2D eigenvalue weighted by atomic mass is 9.79. The molecule has 0 aromatic heterocycles. The Bertz CT molecular complexity index is 336. The molecule has 17 heavy (non-hydrogen) atoms. The number of ether oxygens (including phenoxy) is 1. The van der Waals surface area contributed by atoms with Gasteiger partial charge < -0.3 is 9.84 Å². The molecule has 2 heteroatoms. The molecule has 0 amide bonds. The van der Waals surface area contributed by atoms with Crippen molar-refractivity contribution in [2.45, 2.75) is 51.7 Å². The van der Waals surface area contributed by atoms with Gasteiger partial charge in [-0.05, 0) is 55.4 Å². The van der Waals surface area contributed by atoms with Crippen molar-refractivity contribution in [2.24, 2.45) is 23.2 Å². The van der Waals surface area contributed by atoms with E-state index in [1.165, 1.54) is 24.8 Å². The lowest BCUT2D eigenvalue weighted by Crippen LogP contribution is -2.26. The fourth-order valence-electron chi connectivity index (χ4n) is 4.38. The third-order valence-electron chi connectivity index (χ3n) is 5.57. The molecule has 96 valence electrons. The zero-order valence-electron chi connectivity index (χ0n) is 11.0. The number of rotatable bonds is 3. The minimum atomic E-state index is -0.146. The molecule has 6 atom stereocenters. The molecule has 1 heterocycles. The highest BCUT2D eigenvalue weighted by molar-refractivity contribution is 5.20. The van der Waals surface area contributed by atoms with Crippen LogP contribution in [0.25, 0.3) is 0 Å². The Labute approximate surface area is 104 Å². The van der Waals surface area contributed by atoms with Gasteiger partial charge in [-0.25, -0.2) is 0 Å². The first kappa shape index (κ1) is 11.7. The lowest BCUT2D eigenvalue weighted by molar-refractivity contribution is 0.0447. The highest BCUT2D eigenvalue weighted by atomic mass is 16.5. The van der Waals surface area contributed by atoms with Crippen molar-refractivity contribution >= 4 is 0 Å². The summed E-state index contributed by atoms with van der Waals surface area (Å²) in [6, 6.07) is 0. The highest BCUT2D eigenvalue weighted by Crippen LogP contribution is 2.70. The van der Waals surface area contributed by atoms with Crippen LogP contribution in [0.15, 0.2) is 12.2 Å². The summed E-state index contributed by atoms with van der Waals surface area (Å²) in [6.45, 7) is 9.26. The van der Waals surface area contributed by atoms with Gasteiger partial charge in [0.2, 0.25) is 0 Å². The fourth-order valence-corrected chi connectivity index (χ4v) is 4.38. The number of aliphatic hydroxyl groups is 1. The van der Waals surface area contributed by atoms with Crippen LogP contribution >= 0.6 is 0 Å². The van der Waals surface area contributed by atoms with Crippen LogP contribution in [-0.2, 0) is 4.74 Å². The van der Waals surface area contributed by atoms with Crippen LogP contribution in [0, 0.1) is 23.2 Å². The van der Waals surface area contributed by atoms with Crippen LogP contribution in [0.4, 0.5) is 0 Å². The summed E-state index contributed by atoms with van der Waals surface area (Å²) in [7, 11) is 0. The topological polar surface area (TPSA) is 29.5 Å². The Morgan fingerprint density at radius 1 is 1.59 bits per heavy atom. The first-order valence-corrected chi connectivity index (χ1v) is 6.99. The van der Waals surface area contributed by atoms with Gasteiger partial charge >= 0.3 is 0 Å². The molecule has 2 saturated carbocycles. The fraction of sp³-hybridized carbons (Fsp3) is 0.867. The van der Waals surface area contributed by atoms with Crippen molar-refractivity contribution in [3.8, 4) is 0 Å². The van der Waals surface area contributed by atoms with Crippen LogP contribution in [0.2, 0.25) is 0 Å². The molecule has 3 rings (SSSR count). The van der Waals surface area contributed by atoms with Crippen LogP contribution in [-0.4, -0.2) is 23.9 Å². The van der Waals surface area contributed by atoms with E-state index in [2.05, 4.69) is 13.5 Å². The molecule has 1 N–H and O–H groups in total. The summed E-state index contributed by atoms with van der Waals surface area (Å²) in [5.41, 5.74) is 1.82. The predicted molar refractivity (Wildman–Crippen MR) is 67.6 cm³/mol. The maximum Gasteiger partial charge on any atom is 0.0681 e. The van der Waals surface area contributed by atoms with E-state index in [4.69, 9.17) is 4.74 Å². The van der Waals surface area contributed by atoms with Crippen LogP contribution in [0.5, 0.6) is 0 Å². The van der Waals surface area contributed by atoms with Crippen molar-refractivity contribution in [2.75, 3.05) is 6.61 Å². The lowest BCUT2D eigenvalue weighted by Gasteiger charge is -2.28. The minimum Gasteiger partial charge on any atom is -0.393 e. The van der Waals surface area contributed by atoms with Crippen LogP contribution in [0.3, 0.4) is 0 Å². The molecule has 1 aliphatic heterocycles. The van der Waals surface area contributed by atoms with Gasteiger partial charge in [-0.3, -0.25) is 0 Å². The first-order valence-electron chi connectivity index (χ1n) is 6.99. The van der Waals surface area contributed by atoms with E-state index < -0.39 is 0 Å². The number of hydrogen-bond acceptors (Lipinski definition) is 2. The van der Waals surface area contributed by atoms with E-state index in [0.29, 0.717) is 17.4 Å². The van der Waals surface area contributed by atoms with Gasteiger partial charge in [-0.1, -0.05) is 13.5 Å². The molecule has 0 unspecified atom stereocenters. The Morgan fingerprint density at radius 3 is 3.06 bits per heavy atom. The minimum absolute atomic E-state index is 0.146. The largest absolute Gasteiger partial charge is 0.393 e. The average molecular weight is 236 g/mol. The SMILES string of the molecule is C=C1CO[C@@H]2C[C@]3(C)[C@@H](CC[C@@H](C)O)[C@@H]3C[C@H]12. The average Bonchev–Trinajstić information content (AvgIpc) is 2.68. The summed E-state index contributed by atoms with van der Waals surface area (Å²) >= 11 is 0. The molecule has 3 fully saturated rings. The summed E-state index contributed by atoms with van der Waals surface area (Å²) in [5.74, 6) is 2.31. The molecule has 2 nitrogen and oxygen atoms in total. The Kier molecular flexibility index (Phi) is 2.64. The molecule has 0 aromatic carbocycles. The van der Waals surface area contributed by atoms with E-state index in [-0.39, 0.29) is 6.10 Å². The third-order valence-corrected chi connectivity index (χ3v) is 5.57. The Morgan fingerprint density at radius 2 is 2.35 bits per heavy atom. The maximum absolute atomic E-state index is 9.41. The van der Waals surface area contributed by atoms with Crippen LogP contribution < -0.4 is 0 Å². The molecule has 0 aromatic rings. The second-order valence-corrected chi connectivity index (χ2v) is 6.70. The molecule has 0 spiro atoms. The second kappa shape index (κ2) is 3.83. The van der Waals surface area contributed by atoms with Gasteiger partial charge in [0, 0.05) is 5.92 Å². The summed E-state index contributed by atoms with van der Waals surface area (Å²) in [5, 5.41) is 9.41. The number of aliphatic hydroxyl groups excluding tert-OH is 1. The number of hydrogen-bond donors (Lipinski definition) is 1. The van der Waals surface area contributed by atoms with Gasteiger partial charge in [-0.2, -0.15) is 0 Å². The maximum atomic E-state index is 9.41. The molecular formula is C15H24O2. The predicted octanol–water partition coefficient (Wildman–Crippen LogP) is 2.76. The van der Waals surface area contributed by atoms with Gasteiger partial charge in [0.25, 0.3) is 0 Å². The molecule has 3 aliphatic rings. The zero-order valence-corrected chi connectivity index (χ0v) is 11.0. The van der Waals surface area contributed by atoms with E-state index in [9.17, 15) is 5.11 Å². The molecular weight excluding hydrogens is 212 g/mol. The van der Waals surface area contributed by atoms with Gasteiger partial charge in [0.15, 0.2) is 0 Å². The Hall–Kier alpha value is -0.340. The Balaban J connectivity index is 1.64. The van der Waals surface area contributed by atoms with E-state index >= 15 is 0 Å². The van der Waals surface area contributed by atoms with Crippen LogP contribution in [0.1, 0.15) is 39.5 Å². The number of fused-ring (bicyclic) bond motifs is 2. The standard InChI is InChI=1S/C15H24O2/c1-9-8-17-14-7-15(3)12(5-4-10(2)16)13(15)6-11(9)14/h10-14,16H,1,4-8H2,2-3H3/t10-,11-,12+,13+,14-,15-/m1/s1. The first-order chi connectivity index (χ1) is 8.02. The van der Waals surface area contributed by atoms with Gasteiger partial charge in [-0.15, -0.1) is 0 Å². The molecule has 0 bridgehead atoms.